The van der Waals surface area contributed by atoms with Gasteiger partial charge in [-0.2, -0.15) is 0 Å². The lowest BCUT2D eigenvalue weighted by molar-refractivity contribution is 0.103. The summed E-state index contributed by atoms with van der Waals surface area (Å²) in [7, 11) is 0. The molecule has 0 bridgehead atoms. The zero-order chi connectivity index (χ0) is 10.8. The molecular weight excluding hydrogens is 237 g/mol. The Labute approximate surface area is 94.3 Å². The van der Waals surface area contributed by atoms with Crippen LogP contribution in [0, 0.1) is 5.82 Å². The second kappa shape index (κ2) is 4.08. The number of carbonyl (C=O) groups is 1. The first-order valence-corrected chi connectivity index (χ1v) is 5.33. The topological polar surface area (TPSA) is 30.0 Å². The van der Waals surface area contributed by atoms with E-state index in [0.717, 1.165) is 0 Å². The molecular formula is C10H5ClFNOS. The van der Waals surface area contributed by atoms with Crippen LogP contribution in [0.15, 0.2) is 29.8 Å². The minimum Gasteiger partial charge on any atom is -0.286 e. The van der Waals surface area contributed by atoms with Gasteiger partial charge in [0.1, 0.15) is 5.82 Å². The summed E-state index contributed by atoms with van der Waals surface area (Å²) < 4.78 is 12.8. The van der Waals surface area contributed by atoms with Crippen molar-refractivity contribution in [2.24, 2.45) is 0 Å². The normalized spacial score (nSPS) is 10.3. The first-order valence-electron chi connectivity index (χ1n) is 4.08. The summed E-state index contributed by atoms with van der Waals surface area (Å²) in [6.07, 6.45) is 1.54. The van der Waals surface area contributed by atoms with Crippen LogP contribution in [-0.4, -0.2) is 10.8 Å². The number of aromatic nitrogens is 1. The highest BCUT2D eigenvalue weighted by atomic mass is 35.5. The zero-order valence-electron chi connectivity index (χ0n) is 7.41. The Balaban J connectivity index is 2.39. The monoisotopic (exact) mass is 241 g/mol. The van der Waals surface area contributed by atoms with Crippen LogP contribution in [0.4, 0.5) is 4.39 Å². The fraction of sp³-hybridized carbons (Fsp3) is 0. The van der Waals surface area contributed by atoms with E-state index in [9.17, 15) is 9.18 Å². The summed E-state index contributed by atoms with van der Waals surface area (Å²) in [5.74, 6) is -0.778. The fourth-order valence-corrected chi connectivity index (χ4v) is 1.87. The van der Waals surface area contributed by atoms with Crippen molar-refractivity contribution in [1.82, 2.24) is 4.98 Å². The summed E-state index contributed by atoms with van der Waals surface area (Å²) in [5.41, 5.74) is 0.344. The molecule has 0 radical (unpaired) electrons. The lowest BCUT2D eigenvalue weighted by atomic mass is 10.1. The molecule has 1 aromatic heterocycles. The van der Waals surface area contributed by atoms with E-state index in [-0.39, 0.29) is 10.8 Å². The third kappa shape index (κ3) is 2.06. The van der Waals surface area contributed by atoms with Gasteiger partial charge in [-0.3, -0.25) is 4.79 Å². The fourth-order valence-electron chi connectivity index (χ4n) is 1.10. The first-order chi connectivity index (χ1) is 7.18. The maximum Gasteiger partial charge on any atom is 0.221 e. The molecule has 2 rings (SSSR count). The van der Waals surface area contributed by atoms with E-state index in [0.29, 0.717) is 10.6 Å². The summed E-state index contributed by atoms with van der Waals surface area (Å²) >= 11 is 6.81. The lowest BCUT2D eigenvalue weighted by Gasteiger charge is -1.98. The van der Waals surface area contributed by atoms with Gasteiger partial charge in [-0.05, 0) is 18.2 Å². The zero-order valence-corrected chi connectivity index (χ0v) is 8.98. The Morgan fingerprint density at radius 3 is 2.87 bits per heavy atom. The molecule has 0 saturated heterocycles. The molecule has 15 heavy (non-hydrogen) atoms. The molecule has 2 nitrogen and oxygen atoms in total. The molecule has 0 aliphatic heterocycles. The van der Waals surface area contributed by atoms with E-state index in [1.54, 1.807) is 11.6 Å². The van der Waals surface area contributed by atoms with Crippen LogP contribution in [0.2, 0.25) is 5.02 Å². The summed E-state index contributed by atoms with van der Waals surface area (Å²) in [6.45, 7) is 0. The van der Waals surface area contributed by atoms with Crippen molar-refractivity contribution < 1.29 is 9.18 Å². The first kappa shape index (κ1) is 10.3. The Bertz CT molecular complexity index is 498. The van der Waals surface area contributed by atoms with E-state index in [1.165, 1.54) is 29.5 Å². The SMILES string of the molecule is O=C(c1ccc(F)c(Cl)c1)c1nccs1. The van der Waals surface area contributed by atoms with Crippen molar-refractivity contribution >= 4 is 28.7 Å². The standard InChI is InChI=1S/C10H5ClFNOS/c11-7-5-6(1-2-8(7)12)9(14)10-13-3-4-15-10/h1-5H. The van der Waals surface area contributed by atoms with Crippen LogP contribution in [0.25, 0.3) is 0 Å². The van der Waals surface area contributed by atoms with Crippen LogP contribution in [0.5, 0.6) is 0 Å². The second-order valence-corrected chi connectivity index (χ2v) is 4.10. The van der Waals surface area contributed by atoms with Gasteiger partial charge in [-0.25, -0.2) is 9.37 Å². The summed E-state index contributed by atoms with van der Waals surface area (Å²) in [4.78, 5) is 15.6. The van der Waals surface area contributed by atoms with Crippen molar-refractivity contribution in [2.75, 3.05) is 0 Å². The van der Waals surface area contributed by atoms with Crippen LogP contribution in [0.1, 0.15) is 15.4 Å². The minimum atomic E-state index is -0.535. The predicted octanol–water partition coefficient (Wildman–Crippen LogP) is 3.17. The Morgan fingerprint density at radius 2 is 2.27 bits per heavy atom. The number of rotatable bonds is 2. The maximum absolute atomic E-state index is 12.8. The Hall–Kier alpha value is -1.26. The van der Waals surface area contributed by atoms with Crippen molar-refractivity contribution in [2.45, 2.75) is 0 Å². The molecule has 0 amide bonds. The van der Waals surface area contributed by atoms with E-state index >= 15 is 0 Å². The van der Waals surface area contributed by atoms with E-state index < -0.39 is 5.82 Å². The van der Waals surface area contributed by atoms with Gasteiger partial charge in [0.05, 0.1) is 5.02 Å². The third-order valence-electron chi connectivity index (χ3n) is 1.81. The Kier molecular flexibility index (Phi) is 2.79. The number of benzene rings is 1. The molecule has 0 saturated carbocycles. The van der Waals surface area contributed by atoms with Crippen LogP contribution in [-0.2, 0) is 0 Å². The van der Waals surface area contributed by atoms with E-state index in [1.807, 2.05) is 0 Å². The molecule has 76 valence electrons. The smallest absolute Gasteiger partial charge is 0.221 e. The molecule has 0 fully saturated rings. The van der Waals surface area contributed by atoms with Gasteiger partial charge in [-0.1, -0.05) is 11.6 Å². The number of hydrogen-bond donors (Lipinski definition) is 0. The number of ketones is 1. The second-order valence-electron chi connectivity index (χ2n) is 2.80. The van der Waals surface area contributed by atoms with Gasteiger partial charge >= 0.3 is 0 Å². The molecule has 0 aliphatic carbocycles. The third-order valence-corrected chi connectivity index (χ3v) is 2.87. The van der Waals surface area contributed by atoms with Gasteiger partial charge in [0.25, 0.3) is 0 Å². The molecule has 1 heterocycles. The number of carbonyl (C=O) groups excluding carboxylic acids is 1. The lowest BCUT2D eigenvalue weighted by Crippen LogP contribution is -2.00. The van der Waals surface area contributed by atoms with Crippen LogP contribution in [0.3, 0.4) is 0 Å². The van der Waals surface area contributed by atoms with Gasteiger partial charge in [-0.15, -0.1) is 11.3 Å². The number of hydrogen-bond acceptors (Lipinski definition) is 3. The van der Waals surface area contributed by atoms with Gasteiger partial charge in [0.2, 0.25) is 5.78 Å². The average molecular weight is 242 g/mol. The molecule has 0 N–H and O–H groups in total. The highest BCUT2D eigenvalue weighted by Crippen LogP contribution is 2.19. The quantitative estimate of drug-likeness (QED) is 0.756. The number of thiazole rings is 1. The minimum absolute atomic E-state index is 0.0580. The largest absolute Gasteiger partial charge is 0.286 e. The van der Waals surface area contributed by atoms with Crippen molar-refractivity contribution in [3.8, 4) is 0 Å². The van der Waals surface area contributed by atoms with Crippen molar-refractivity contribution in [3.05, 3.63) is 51.2 Å². The van der Waals surface area contributed by atoms with E-state index in [2.05, 4.69) is 4.98 Å². The van der Waals surface area contributed by atoms with Crippen LogP contribution < -0.4 is 0 Å². The van der Waals surface area contributed by atoms with Crippen molar-refractivity contribution in [1.29, 1.82) is 0 Å². The maximum atomic E-state index is 12.8. The van der Waals surface area contributed by atoms with Crippen LogP contribution >= 0.6 is 22.9 Å². The number of halogens is 2. The highest BCUT2D eigenvalue weighted by molar-refractivity contribution is 7.11. The predicted molar refractivity (Wildman–Crippen MR) is 57.0 cm³/mol. The van der Waals surface area contributed by atoms with Gasteiger partial charge in [0, 0.05) is 17.1 Å². The average Bonchev–Trinajstić information content (AvgIpc) is 2.74. The molecule has 5 heteroatoms. The molecule has 0 aliphatic rings. The molecule has 0 atom stereocenters. The van der Waals surface area contributed by atoms with Gasteiger partial charge < -0.3 is 0 Å². The Morgan fingerprint density at radius 1 is 1.47 bits per heavy atom. The summed E-state index contributed by atoms with van der Waals surface area (Å²) in [6, 6.07) is 3.87. The molecule has 1 aromatic carbocycles. The highest BCUT2D eigenvalue weighted by Gasteiger charge is 2.12. The van der Waals surface area contributed by atoms with Crippen molar-refractivity contribution in [3.63, 3.8) is 0 Å². The van der Waals surface area contributed by atoms with Gasteiger partial charge in [0.15, 0.2) is 5.01 Å². The number of nitrogens with zero attached hydrogens (tertiary/aromatic N) is 1. The molecule has 0 unspecified atom stereocenters. The molecule has 2 aromatic rings. The molecule has 0 spiro atoms. The summed E-state index contributed by atoms with van der Waals surface area (Å²) in [5, 5.41) is 2.02. The van der Waals surface area contributed by atoms with E-state index in [4.69, 9.17) is 11.6 Å².